The summed E-state index contributed by atoms with van der Waals surface area (Å²) in [6, 6.07) is 6.50. The summed E-state index contributed by atoms with van der Waals surface area (Å²) in [5.41, 5.74) is -0.396. The van der Waals surface area contributed by atoms with Crippen LogP contribution in [0.2, 0.25) is 0 Å². The summed E-state index contributed by atoms with van der Waals surface area (Å²) < 4.78 is 26.4. The second-order valence-corrected chi connectivity index (χ2v) is 3.72. The van der Waals surface area contributed by atoms with Crippen LogP contribution < -0.4 is 5.32 Å². The van der Waals surface area contributed by atoms with Crippen LogP contribution in [-0.2, 0) is 6.54 Å². The van der Waals surface area contributed by atoms with Crippen molar-refractivity contribution in [2.45, 2.75) is 6.54 Å². The smallest absolute Gasteiger partial charge is 0.327 e. The molecule has 0 atom stereocenters. The number of nitrogens with one attached hydrogen (secondary N) is 1. The van der Waals surface area contributed by atoms with Crippen LogP contribution in [0.1, 0.15) is 5.69 Å². The molecule has 1 aromatic carbocycles. The van der Waals surface area contributed by atoms with Crippen molar-refractivity contribution >= 4 is 11.4 Å². The van der Waals surface area contributed by atoms with Crippen molar-refractivity contribution < 1.29 is 13.7 Å². The fraction of sp³-hybridized carbons (Fsp3) is 0.0833. The number of rotatable bonds is 4. The number of pyridine rings is 1. The highest BCUT2D eigenvalue weighted by molar-refractivity contribution is 5.62. The summed E-state index contributed by atoms with van der Waals surface area (Å²) in [5, 5.41) is 13.4. The number of anilines is 1. The molecule has 0 unspecified atom stereocenters. The van der Waals surface area contributed by atoms with Crippen LogP contribution in [0.3, 0.4) is 0 Å². The Morgan fingerprint density at radius 1 is 1.32 bits per heavy atom. The SMILES string of the molecule is O=[N+]([O-])c1c(F)cc(F)cc1NCc1ccccn1. The number of hydrogen-bond acceptors (Lipinski definition) is 4. The van der Waals surface area contributed by atoms with E-state index in [9.17, 15) is 18.9 Å². The molecule has 1 N–H and O–H groups in total. The lowest BCUT2D eigenvalue weighted by atomic mass is 10.2. The first-order valence-electron chi connectivity index (χ1n) is 5.35. The van der Waals surface area contributed by atoms with Crippen molar-refractivity contribution in [3.63, 3.8) is 0 Å². The highest BCUT2D eigenvalue weighted by Gasteiger charge is 2.21. The molecule has 19 heavy (non-hydrogen) atoms. The van der Waals surface area contributed by atoms with E-state index in [1.807, 2.05) is 0 Å². The van der Waals surface area contributed by atoms with Gasteiger partial charge in [0.25, 0.3) is 0 Å². The monoisotopic (exact) mass is 265 g/mol. The molecule has 0 amide bonds. The van der Waals surface area contributed by atoms with E-state index in [1.54, 1.807) is 24.4 Å². The van der Waals surface area contributed by atoms with Gasteiger partial charge in [0.15, 0.2) is 0 Å². The van der Waals surface area contributed by atoms with Crippen LogP contribution in [0.5, 0.6) is 0 Å². The van der Waals surface area contributed by atoms with E-state index < -0.39 is 22.2 Å². The van der Waals surface area contributed by atoms with E-state index in [-0.39, 0.29) is 12.2 Å². The molecule has 0 bridgehead atoms. The van der Waals surface area contributed by atoms with Crippen LogP contribution in [0, 0.1) is 21.7 Å². The van der Waals surface area contributed by atoms with Crippen LogP contribution >= 0.6 is 0 Å². The number of aromatic nitrogens is 1. The van der Waals surface area contributed by atoms with E-state index in [4.69, 9.17) is 0 Å². The molecule has 7 heteroatoms. The van der Waals surface area contributed by atoms with Gasteiger partial charge in [-0.2, -0.15) is 4.39 Å². The molecule has 0 saturated carbocycles. The minimum atomic E-state index is -1.21. The van der Waals surface area contributed by atoms with E-state index in [2.05, 4.69) is 10.3 Å². The molecular formula is C12H9F2N3O2. The van der Waals surface area contributed by atoms with Gasteiger partial charge in [0.2, 0.25) is 5.82 Å². The van der Waals surface area contributed by atoms with Crippen molar-refractivity contribution in [3.8, 4) is 0 Å². The second kappa shape index (κ2) is 5.38. The van der Waals surface area contributed by atoms with Gasteiger partial charge in [-0.1, -0.05) is 6.07 Å². The third-order valence-electron chi connectivity index (χ3n) is 2.40. The minimum absolute atomic E-state index is 0.130. The fourth-order valence-corrected chi connectivity index (χ4v) is 1.57. The molecule has 0 saturated heterocycles. The standard InChI is InChI=1S/C12H9F2N3O2/c13-8-5-10(14)12(17(18)19)11(6-8)16-7-9-3-1-2-4-15-9/h1-6,16H,7H2. The molecule has 5 nitrogen and oxygen atoms in total. The number of benzene rings is 1. The molecule has 0 spiro atoms. The van der Waals surface area contributed by atoms with Crippen LogP contribution in [0.25, 0.3) is 0 Å². The van der Waals surface area contributed by atoms with Gasteiger partial charge >= 0.3 is 5.69 Å². The van der Waals surface area contributed by atoms with Gasteiger partial charge in [-0.25, -0.2) is 4.39 Å². The maximum absolute atomic E-state index is 13.4. The van der Waals surface area contributed by atoms with Crippen LogP contribution in [0.4, 0.5) is 20.2 Å². The molecule has 2 rings (SSSR count). The second-order valence-electron chi connectivity index (χ2n) is 3.72. The normalized spacial score (nSPS) is 10.2. The highest BCUT2D eigenvalue weighted by atomic mass is 19.1. The molecule has 0 aliphatic rings. The molecule has 2 aromatic rings. The number of hydrogen-bond donors (Lipinski definition) is 1. The number of nitro benzene ring substituents is 1. The minimum Gasteiger partial charge on any atom is -0.374 e. The Labute approximate surface area is 107 Å². The van der Waals surface area contributed by atoms with Gasteiger partial charge in [-0.3, -0.25) is 15.1 Å². The van der Waals surface area contributed by atoms with Crippen molar-refractivity contribution in [2.75, 3.05) is 5.32 Å². The summed E-state index contributed by atoms with van der Waals surface area (Å²) in [4.78, 5) is 13.9. The summed E-state index contributed by atoms with van der Waals surface area (Å²) in [6.07, 6.45) is 1.55. The summed E-state index contributed by atoms with van der Waals surface area (Å²) >= 11 is 0. The summed E-state index contributed by atoms with van der Waals surface area (Å²) in [5.74, 6) is -2.10. The first-order valence-corrected chi connectivity index (χ1v) is 5.35. The average molecular weight is 265 g/mol. The topological polar surface area (TPSA) is 68.1 Å². The Morgan fingerprint density at radius 3 is 2.74 bits per heavy atom. The largest absolute Gasteiger partial charge is 0.374 e. The van der Waals surface area contributed by atoms with Crippen LogP contribution in [-0.4, -0.2) is 9.91 Å². The van der Waals surface area contributed by atoms with Gasteiger partial charge in [0.1, 0.15) is 11.5 Å². The lowest BCUT2D eigenvalue weighted by molar-refractivity contribution is -0.386. The summed E-state index contributed by atoms with van der Waals surface area (Å²) in [7, 11) is 0. The van der Waals surface area contributed by atoms with Crippen molar-refractivity contribution in [1.82, 2.24) is 4.98 Å². The van der Waals surface area contributed by atoms with E-state index >= 15 is 0 Å². The summed E-state index contributed by atoms with van der Waals surface area (Å²) in [6.45, 7) is 0.130. The fourth-order valence-electron chi connectivity index (χ4n) is 1.57. The molecule has 0 radical (unpaired) electrons. The Kier molecular flexibility index (Phi) is 3.65. The van der Waals surface area contributed by atoms with E-state index in [0.29, 0.717) is 11.8 Å². The molecule has 0 aliphatic heterocycles. The zero-order valence-corrected chi connectivity index (χ0v) is 9.64. The lowest BCUT2D eigenvalue weighted by Crippen LogP contribution is -2.06. The molecular weight excluding hydrogens is 256 g/mol. The molecule has 0 fully saturated rings. The highest BCUT2D eigenvalue weighted by Crippen LogP contribution is 2.29. The third-order valence-corrected chi connectivity index (χ3v) is 2.40. The first-order chi connectivity index (χ1) is 9.08. The van der Waals surface area contributed by atoms with Crippen molar-refractivity contribution in [2.24, 2.45) is 0 Å². The Balaban J connectivity index is 2.27. The zero-order chi connectivity index (χ0) is 13.8. The Morgan fingerprint density at radius 2 is 2.11 bits per heavy atom. The molecule has 0 aliphatic carbocycles. The van der Waals surface area contributed by atoms with Gasteiger partial charge in [0.05, 0.1) is 17.2 Å². The number of halogens is 2. The van der Waals surface area contributed by atoms with Crippen molar-refractivity contribution in [1.29, 1.82) is 0 Å². The van der Waals surface area contributed by atoms with Gasteiger partial charge in [-0.15, -0.1) is 0 Å². The average Bonchev–Trinajstić information content (AvgIpc) is 2.36. The first kappa shape index (κ1) is 12.9. The maximum Gasteiger partial charge on any atom is 0.327 e. The quantitative estimate of drug-likeness (QED) is 0.681. The Bertz CT molecular complexity index is 605. The van der Waals surface area contributed by atoms with Crippen molar-refractivity contribution in [3.05, 3.63) is 64.0 Å². The molecule has 1 heterocycles. The number of nitro groups is 1. The van der Waals surface area contributed by atoms with Gasteiger partial charge in [0, 0.05) is 18.3 Å². The Hall–Kier alpha value is -2.57. The van der Waals surface area contributed by atoms with E-state index in [0.717, 1.165) is 6.07 Å². The predicted octanol–water partition coefficient (Wildman–Crippen LogP) is 2.88. The predicted molar refractivity (Wildman–Crippen MR) is 64.6 cm³/mol. The number of nitrogens with zero attached hydrogens (tertiary/aromatic N) is 2. The third kappa shape index (κ3) is 3.01. The molecule has 98 valence electrons. The van der Waals surface area contributed by atoms with E-state index in [1.165, 1.54) is 0 Å². The maximum atomic E-state index is 13.4. The van der Waals surface area contributed by atoms with Crippen LogP contribution in [0.15, 0.2) is 36.5 Å². The lowest BCUT2D eigenvalue weighted by Gasteiger charge is -2.07. The molecule has 1 aromatic heterocycles. The van der Waals surface area contributed by atoms with Gasteiger partial charge < -0.3 is 5.32 Å². The zero-order valence-electron chi connectivity index (χ0n) is 9.64. The van der Waals surface area contributed by atoms with Gasteiger partial charge in [-0.05, 0) is 12.1 Å².